The van der Waals surface area contributed by atoms with E-state index in [9.17, 15) is 0 Å². The zero-order chi connectivity index (χ0) is 44.8. The Morgan fingerprint density at radius 2 is 0.935 bits per heavy atom. The van der Waals surface area contributed by atoms with Crippen LogP contribution in [0.4, 0.5) is 34.1 Å². The average Bonchev–Trinajstić information content (AvgIpc) is 3.45. The molecule has 0 atom stereocenters. The number of aryl methyl sites for hydroxylation is 2. The SMILES string of the molecule is Cc1cc2c3c(c1)N(c1ccc4c(c1C)C(C)(C)CCC4(C)C)c1ccc(C(C)(C)C)cc1B3c1cc3c(cc1N2c1cc2c(cc1C)C(C)(C)CC2(C)C)C(C)(C)CC3(C)C. The number of rotatable bonds is 2. The molecule has 322 valence electrons. The summed E-state index contributed by atoms with van der Waals surface area (Å²) in [5, 5.41) is 0. The maximum Gasteiger partial charge on any atom is 0.252 e. The van der Waals surface area contributed by atoms with Crippen LogP contribution in [-0.2, 0) is 37.9 Å². The largest absolute Gasteiger partial charge is 0.311 e. The molecule has 0 saturated carbocycles. The van der Waals surface area contributed by atoms with Gasteiger partial charge >= 0.3 is 0 Å². The van der Waals surface area contributed by atoms with Gasteiger partial charge in [0.25, 0.3) is 6.71 Å². The van der Waals surface area contributed by atoms with Crippen LogP contribution in [-0.4, -0.2) is 6.71 Å². The van der Waals surface area contributed by atoms with Crippen LogP contribution < -0.4 is 26.2 Å². The lowest BCUT2D eigenvalue weighted by Gasteiger charge is -2.47. The van der Waals surface area contributed by atoms with Crippen molar-refractivity contribution in [2.24, 2.45) is 0 Å². The van der Waals surface area contributed by atoms with Crippen molar-refractivity contribution in [2.45, 2.75) is 188 Å². The van der Waals surface area contributed by atoms with Gasteiger partial charge in [-0.15, -0.1) is 0 Å². The molecule has 2 aliphatic heterocycles. The zero-order valence-corrected chi connectivity index (χ0v) is 41.7. The molecule has 5 aromatic rings. The van der Waals surface area contributed by atoms with Gasteiger partial charge in [0.2, 0.25) is 0 Å². The molecule has 0 radical (unpaired) electrons. The number of nitrogens with zero attached hydrogens (tertiary/aromatic N) is 2. The molecule has 0 bridgehead atoms. The van der Waals surface area contributed by atoms with E-state index in [-0.39, 0.29) is 44.6 Å². The molecule has 2 nitrogen and oxygen atoms in total. The highest BCUT2D eigenvalue weighted by atomic mass is 15.2. The third-order valence-corrected chi connectivity index (χ3v) is 16.9. The Labute approximate surface area is 376 Å². The molecule has 0 unspecified atom stereocenters. The maximum atomic E-state index is 2.73. The molecule has 2 heterocycles. The van der Waals surface area contributed by atoms with E-state index < -0.39 is 0 Å². The van der Waals surface area contributed by atoms with Gasteiger partial charge in [-0.3, -0.25) is 0 Å². The Bertz CT molecular complexity index is 2780. The molecule has 5 aliphatic rings. The standard InChI is InChI=1S/C59H73BN2/c1-34-25-49-52-50(26-34)62(47-30-41-39(27-35(47)2)56(11,12)32-58(41,15)16)48-31-42-40(57(13,14)33-59(42,17)18)29-44(48)60(52)43-28-37(53(4,5)6)19-21-46(43)61(49)45-22-20-38-51(36(45)3)55(9,10)24-23-54(38,7)8/h19-22,25-31H,23-24,32-33H2,1-18H3. The van der Waals surface area contributed by atoms with Crippen molar-refractivity contribution >= 4 is 57.2 Å². The van der Waals surface area contributed by atoms with Crippen LogP contribution in [0, 0.1) is 20.8 Å². The summed E-state index contributed by atoms with van der Waals surface area (Å²) in [6.45, 7) is 44.0. The normalized spacial score (nSPS) is 21.2. The van der Waals surface area contributed by atoms with Crippen LogP contribution in [0.2, 0.25) is 0 Å². The van der Waals surface area contributed by atoms with Gasteiger partial charge in [0.15, 0.2) is 0 Å². The van der Waals surface area contributed by atoms with Gasteiger partial charge in [0, 0.05) is 34.1 Å². The van der Waals surface area contributed by atoms with Crippen molar-refractivity contribution in [2.75, 3.05) is 9.80 Å². The lowest BCUT2D eigenvalue weighted by atomic mass is 9.33. The first kappa shape index (κ1) is 41.8. The number of fused-ring (bicyclic) bond motifs is 7. The summed E-state index contributed by atoms with van der Waals surface area (Å²) < 4.78 is 0. The molecule has 0 amide bonds. The third-order valence-electron chi connectivity index (χ3n) is 16.9. The van der Waals surface area contributed by atoms with E-state index in [1.165, 1.54) is 113 Å². The van der Waals surface area contributed by atoms with Crippen LogP contribution >= 0.6 is 0 Å². The number of hydrogen-bond acceptors (Lipinski definition) is 2. The van der Waals surface area contributed by atoms with Crippen molar-refractivity contribution in [3.63, 3.8) is 0 Å². The van der Waals surface area contributed by atoms with Crippen LogP contribution in [0.5, 0.6) is 0 Å². The Morgan fingerprint density at radius 3 is 1.52 bits per heavy atom. The van der Waals surface area contributed by atoms with E-state index in [1.807, 2.05) is 0 Å². The van der Waals surface area contributed by atoms with Crippen LogP contribution in [0.3, 0.4) is 0 Å². The minimum atomic E-state index is 0.00315. The first-order chi connectivity index (χ1) is 28.6. The monoisotopic (exact) mass is 821 g/mol. The first-order valence-electron chi connectivity index (χ1n) is 23.9. The fourth-order valence-electron chi connectivity index (χ4n) is 14.2. The van der Waals surface area contributed by atoms with Gasteiger partial charge < -0.3 is 9.80 Å². The zero-order valence-electron chi connectivity index (χ0n) is 41.7. The minimum absolute atomic E-state index is 0.00315. The topological polar surface area (TPSA) is 6.48 Å². The second kappa shape index (κ2) is 12.5. The third kappa shape index (κ3) is 5.74. The van der Waals surface area contributed by atoms with Crippen molar-refractivity contribution in [1.29, 1.82) is 0 Å². The molecular weight excluding hydrogens is 747 g/mol. The van der Waals surface area contributed by atoms with Crippen LogP contribution in [0.25, 0.3) is 0 Å². The van der Waals surface area contributed by atoms with Gasteiger partial charge in [0.1, 0.15) is 0 Å². The number of benzene rings is 5. The molecule has 0 spiro atoms. The van der Waals surface area contributed by atoms with Crippen LogP contribution in [0.1, 0.15) is 185 Å². The Kier molecular flexibility index (Phi) is 8.43. The van der Waals surface area contributed by atoms with E-state index in [4.69, 9.17) is 0 Å². The van der Waals surface area contributed by atoms with Crippen molar-refractivity contribution in [3.8, 4) is 0 Å². The van der Waals surface area contributed by atoms with Gasteiger partial charge in [-0.05, 0) is 193 Å². The summed E-state index contributed by atoms with van der Waals surface area (Å²) in [5.74, 6) is 0. The fraction of sp³-hybridized carbons (Fsp3) is 0.492. The van der Waals surface area contributed by atoms with Gasteiger partial charge in [-0.25, -0.2) is 0 Å². The molecule has 0 aromatic heterocycles. The van der Waals surface area contributed by atoms with E-state index in [2.05, 4.69) is 201 Å². The molecular formula is C59H73BN2. The highest BCUT2D eigenvalue weighted by molar-refractivity contribution is 7.00. The van der Waals surface area contributed by atoms with Gasteiger partial charge in [0.05, 0.1) is 0 Å². The molecule has 62 heavy (non-hydrogen) atoms. The Morgan fingerprint density at radius 1 is 0.452 bits per heavy atom. The van der Waals surface area contributed by atoms with Crippen molar-refractivity contribution in [3.05, 3.63) is 122 Å². The predicted molar refractivity (Wildman–Crippen MR) is 270 cm³/mol. The number of anilines is 6. The van der Waals surface area contributed by atoms with E-state index in [1.54, 1.807) is 5.56 Å². The molecule has 0 fully saturated rings. The quantitative estimate of drug-likeness (QED) is 0.160. The summed E-state index contributed by atoms with van der Waals surface area (Å²) in [6.07, 6.45) is 4.71. The highest BCUT2D eigenvalue weighted by Crippen LogP contribution is 2.56. The lowest BCUT2D eigenvalue weighted by Crippen LogP contribution is -2.62. The lowest BCUT2D eigenvalue weighted by molar-refractivity contribution is 0.330. The molecule has 10 rings (SSSR count). The Hall–Kier alpha value is -4.24. The van der Waals surface area contributed by atoms with Gasteiger partial charge in [-0.2, -0.15) is 0 Å². The fourth-order valence-corrected chi connectivity index (χ4v) is 14.2. The molecule has 5 aromatic carbocycles. The minimum Gasteiger partial charge on any atom is -0.311 e. The smallest absolute Gasteiger partial charge is 0.252 e. The predicted octanol–water partition coefficient (Wildman–Crippen LogP) is 14.3. The second-order valence-electron chi connectivity index (χ2n) is 25.8. The summed E-state index contributed by atoms with van der Waals surface area (Å²) in [6, 6.07) is 28.1. The molecule has 0 saturated heterocycles. The molecule has 3 heteroatoms. The first-order valence-corrected chi connectivity index (χ1v) is 23.9. The average molecular weight is 821 g/mol. The summed E-state index contributed by atoms with van der Waals surface area (Å²) in [5.41, 5.74) is 27.5. The summed E-state index contributed by atoms with van der Waals surface area (Å²) in [7, 11) is 0. The van der Waals surface area contributed by atoms with Crippen molar-refractivity contribution in [1.82, 2.24) is 0 Å². The van der Waals surface area contributed by atoms with E-state index in [0.717, 1.165) is 12.8 Å². The van der Waals surface area contributed by atoms with Crippen molar-refractivity contribution < 1.29 is 0 Å². The van der Waals surface area contributed by atoms with E-state index in [0.29, 0.717) is 0 Å². The summed E-state index contributed by atoms with van der Waals surface area (Å²) in [4.78, 5) is 5.43. The number of hydrogen-bond donors (Lipinski definition) is 0. The Balaban J connectivity index is 1.34. The van der Waals surface area contributed by atoms with Crippen LogP contribution in [0.15, 0.2) is 66.7 Å². The maximum absolute atomic E-state index is 2.73. The highest BCUT2D eigenvalue weighted by Gasteiger charge is 2.50. The summed E-state index contributed by atoms with van der Waals surface area (Å²) >= 11 is 0. The molecule has 0 N–H and O–H groups in total. The van der Waals surface area contributed by atoms with E-state index >= 15 is 0 Å². The molecule has 3 aliphatic carbocycles. The second-order valence-corrected chi connectivity index (χ2v) is 25.8. The van der Waals surface area contributed by atoms with Gasteiger partial charge in [-0.1, -0.05) is 134 Å².